The first-order chi connectivity index (χ1) is 10.6. The number of nitrogens with two attached hydrogens (primary N) is 1. The number of benzene rings is 2. The van der Waals surface area contributed by atoms with Crippen LogP contribution < -0.4 is 21.1 Å². The van der Waals surface area contributed by atoms with E-state index >= 15 is 0 Å². The SMILES string of the molecule is Cc1ccc(OCCCNC(=O)Nc2ccc(N)cc2)cc1. The molecule has 5 heteroatoms. The molecule has 0 fully saturated rings. The number of carbonyl (C=O) groups is 1. The van der Waals surface area contributed by atoms with Gasteiger partial charge in [-0.05, 0) is 49.7 Å². The molecule has 0 aromatic heterocycles. The van der Waals surface area contributed by atoms with Crippen molar-refractivity contribution in [3.05, 3.63) is 54.1 Å². The lowest BCUT2D eigenvalue weighted by molar-refractivity contribution is 0.250. The highest BCUT2D eigenvalue weighted by molar-refractivity contribution is 5.89. The Kier molecular flexibility index (Phi) is 5.65. The molecule has 0 atom stereocenters. The Bertz CT molecular complexity index is 594. The van der Waals surface area contributed by atoms with Crippen LogP contribution in [0.1, 0.15) is 12.0 Å². The predicted molar refractivity (Wildman–Crippen MR) is 89.2 cm³/mol. The van der Waals surface area contributed by atoms with Crippen LogP contribution in [0.3, 0.4) is 0 Å². The van der Waals surface area contributed by atoms with Crippen molar-refractivity contribution in [1.82, 2.24) is 5.32 Å². The number of aryl methyl sites for hydroxylation is 1. The number of rotatable bonds is 6. The van der Waals surface area contributed by atoms with Crippen LogP contribution in [0.5, 0.6) is 5.75 Å². The van der Waals surface area contributed by atoms with Gasteiger partial charge in [-0.25, -0.2) is 4.79 Å². The smallest absolute Gasteiger partial charge is 0.319 e. The Morgan fingerprint density at radius 2 is 1.77 bits per heavy atom. The summed E-state index contributed by atoms with van der Waals surface area (Å²) in [7, 11) is 0. The first-order valence-electron chi connectivity index (χ1n) is 7.23. The Morgan fingerprint density at radius 1 is 1.09 bits per heavy atom. The molecule has 2 rings (SSSR count). The van der Waals surface area contributed by atoms with Crippen molar-refractivity contribution in [2.45, 2.75) is 13.3 Å². The maximum absolute atomic E-state index is 11.7. The minimum Gasteiger partial charge on any atom is -0.494 e. The van der Waals surface area contributed by atoms with Crippen LogP contribution in [0.2, 0.25) is 0 Å². The highest BCUT2D eigenvalue weighted by atomic mass is 16.5. The van der Waals surface area contributed by atoms with E-state index in [0.29, 0.717) is 24.5 Å². The Morgan fingerprint density at radius 3 is 2.45 bits per heavy atom. The van der Waals surface area contributed by atoms with E-state index < -0.39 is 0 Å². The topological polar surface area (TPSA) is 76.4 Å². The Hall–Kier alpha value is -2.69. The summed E-state index contributed by atoms with van der Waals surface area (Å²) in [5.74, 6) is 0.844. The van der Waals surface area contributed by atoms with Gasteiger partial charge in [-0.1, -0.05) is 17.7 Å². The Labute approximate surface area is 130 Å². The summed E-state index contributed by atoms with van der Waals surface area (Å²) in [4.78, 5) is 11.7. The fraction of sp³-hybridized carbons (Fsp3) is 0.235. The van der Waals surface area contributed by atoms with Crippen LogP contribution in [0.15, 0.2) is 48.5 Å². The summed E-state index contributed by atoms with van der Waals surface area (Å²) < 4.78 is 5.59. The molecule has 116 valence electrons. The molecule has 2 aromatic carbocycles. The van der Waals surface area contributed by atoms with Gasteiger partial charge in [0.2, 0.25) is 0 Å². The van der Waals surface area contributed by atoms with Crippen molar-refractivity contribution in [2.75, 3.05) is 24.2 Å². The number of hydrogen-bond donors (Lipinski definition) is 3. The summed E-state index contributed by atoms with van der Waals surface area (Å²) in [6.45, 7) is 3.14. The molecule has 5 nitrogen and oxygen atoms in total. The molecule has 2 amide bonds. The first kappa shape index (κ1) is 15.7. The predicted octanol–water partition coefficient (Wildman–Crippen LogP) is 3.17. The van der Waals surface area contributed by atoms with Crippen LogP contribution in [-0.4, -0.2) is 19.2 Å². The van der Waals surface area contributed by atoms with E-state index in [0.717, 1.165) is 12.2 Å². The van der Waals surface area contributed by atoms with Crippen LogP contribution >= 0.6 is 0 Å². The van der Waals surface area contributed by atoms with Gasteiger partial charge in [0, 0.05) is 17.9 Å². The molecule has 0 spiro atoms. The molecule has 0 unspecified atom stereocenters. The van der Waals surface area contributed by atoms with Crippen molar-refractivity contribution in [2.24, 2.45) is 0 Å². The van der Waals surface area contributed by atoms with Gasteiger partial charge in [0.1, 0.15) is 5.75 Å². The molecule has 0 aliphatic rings. The molecule has 4 N–H and O–H groups in total. The third-order valence-corrected chi connectivity index (χ3v) is 3.06. The standard InChI is InChI=1S/C17H21N3O2/c1-13-3-9-16(10-4-13)22-12-2-11-19-17(21)20-15-7-5-14(18)6-8-15/h3-10H,2,11-12,18H2,1H3,(H2,19,20,21). The third-order valence-electron chi connectivity index (χ3n) is 3.06. The highest BCUT2D eigenvalue weighted by Crippen LogP contribution is 2.11. The Balaban J connectivity index is 1.61. The monoisotopic (exact) mass is 299 g/mol. The maximum atomic E-state index is 11.7. The van der Waals surface area contributed by atoms with E-state index in [9.17, 15) is 4.79 Å². The molecule has 0 saturated carbocycles. The van der Waals surface area contributed by atoms with Gasteiger partial charge < -0.3 is 21.1 Å². The summed E-state index contributed by atoms with van der Waals surface area (Å²) >= 11 is 0. The summed E-state index contributed by atoms with van der Waals surface area (Å²) in [5, 5.41) is 5.52. The molecule has 22 heavy (non-hydrogen) atoms. The van der Waals surface area contributed by atoms with Crippen molar-refractivity contribution < 1.29 is 9.53 Å². The molecule has 0 aliphatic carbocycles. The molecule has 0 bridgehead atoms. The number of anilines is 2. The fourth-order valence-corrected chi connectivity index (χ4v) is 1.84. The number of ether oxygens (including phenoxy) is 1. The van der Waals surface area contributed by atoms with E-state index in [-0.39, 0.29) is 6.03 Å². The van der Waals surface area contributed by atoms with Crippen LogP contribution in [0.4, 0.5) is 16.2 Å². The zero-order valence-corrected chi connectivity index (χ0v) is 12.6. The van der Waals surface area contributed by atoms with E-state index in [1.807, 2.05) is 31.2 Å². The molecule has 0 aliphatic heterocycles. The van der Waals surface area contributed by atoms with Gasteiger partial charge in [0.15, 0.2) is 0 Å². The number of amides is 2. The van der Waals surface area contributed by atoms with E-state index in [1.165, 1.54) is 5.56 Å². The number of urea groups is 1. The number of nitrogen functional groups attached to an aromatic ring is 1. The van der Waals surface area contributed by atoms with Crippen molar-refractivity contribution in [3.8, 4) is 5.75 Å². The summed E-state index contributed by atoms with van der Waals surface area (Å²) in [6, 6.07) is 14.7. The van der Waals surface area contributed by atoms with Crippen molar-refractivity contribution >= 4 is 17.4 Å². The zero-order valence-electron chi connectivity index (χ0n) is 12.6. The molecule has 0 saturated heterocycles. The van der Waals surface area contributed by atoms with Crippen LogP contribution in [0, 0.1) is 6.92 Å². The minimum atomic E-state index is -0.236. The summed E-state index contributed by atoms with van der Waals surface area (Å²) in [6.07, 6.45) is 0.739. The minimum absolute atomic E-state index is 0.236. The number of hydrogen-bond acceptors (Lipinski definition) is 3. The van der Waals surface area contributed by atoms with Gasteiger partial charge in [-0.2, -0.15) is 0 Å². The van der Waals surface area contributed by atoms with E-state index in [1.54, 1.807) is 24.3 Å². The van der Waals surface area contributed by atoms with Crippen molar-refractivity contribution in [3.63, 3.8) is 0 Å². The molecular weight excluding hydrogens is 278 g/mol. The number of nitrogens with one attached hydrogen (secondary N) is 2. The second kappa shape index (κ2) is 7.93. The largest absolute Gasteiger partial charge is 0.494 e. The van der Waals surface area contributed by atoms with Crippen LogP contribution in [-0.2, 0) is 0 Å². The third kappa shape index (κ3) is 5.36. The zero-order chi connectivity index (χ0) is 15.8. The van der Waals surface area contributed by atoms with Gasteiger partial charge in [0.05, 0.1) is 6.61 Å². The number of carbonyl (C=O) groups excluding carboxylic acids is 1. The normalized spacial score (nSPS) is 10.0. The van der Waals surface area contributed by atoms with E-state index in [2.05, 4.69) is 10.6 Å². The highest BCUT2D eigenvalue weighted by Gasteiger charge is 2.00. The lowest BCUT2D eigenvalue weighted by Crippen LogP contribution is -2.30. The maximum Gasteiger partial charge on any atom is 0.319 e. The molecule has 0 heterocycles. The second-order valence-corrected chi connectivity index (χ2v) is 5.02. The quantitative estimate of drug-likeness (QED) is 0.566. The average Bonchev–Trinajstić information content (AvgIpc) is 2.51. The van der Waals surface area contributed by atoms with Crippen LogP contribution in [0.25, 0.3) is 0 Å². The van der Waals surface area contributed by atoms with Crippen molar-refractivity contribution in [1.29, 1.82) is 0 Å². The molecular formula is C17H21N3O2. The van der Waals surface area contributed by atoms with Gasteiger partial charge in [-0.3, -0.25) is 0 Å². The van der Waals surface area contributed by atoms with E-state index in [4.69, 9.17) is 10.5 Å². The second-order valence-electron chi connectivity index (χ2n) is 5.02. The first-order valence-corrected chi connectivity index (χ1v) is 7.23. The lowest BCUT2D eigenvalue weighted by Gasteiger charge is -2.09. The lowest BCUT2D eigenvalue weighted by atomic mass is 10.2. The molecule has 0 radical (unpaired) electrons. The fourth-order valence-electron chi connectivity index (χ4n) is 1.84. The average molecular weight is 299 g/mol. The van der Waals surface area contributed by atoms with Gasteiger partial charge >= 0.3 is 6.03 Å². The summed E-state index contributed by atoms with van der Waals surface area (Å²) in [5.41, 5.74) is 8.16. The molecule has 2 aromatic rings. The van der Waals surface area contributed by atoms with Gasteiger partial charge in [0.25, 0.3) is 0 Å². The van der Waals surface area contributed by atoms with Gasteiger partial charge in [-0.15, -0.1) is 0 Å².